The molecule has 0 fully saturated rings. The molecule has 0 saturated heterocycles. The van der Waals surface area contributed by atoms with Gasteiger partial charge >= 0.3 is 0 Å². The van der Waals surface area contributed by atoms with Crippen LogP contribution in [0.1, 0.15) is 29.3 Å². The molecule has 1 aliphatic carbocycles. The Hall–Kier alpha value is -2.07. The molecule has 0 aliphatic heterocycles. The summed E-state index contributed by atoms with van der Waals surface area (Å²) in [4.78, 5) is 14.2. The lowest BCUT2D eigenvalue weighted by atomic mass is 10.1. The molecule has 1 N–H and O–H groups in total. The molecular formula is C17H20N2O2. The van der Waals surface area contributed by atoms with Crippen molar-refractivity contribution in [2.75, 3.05) is 13.6 Å². The molecule has 1 amide bonds. The maximum absolute atomic E-state index is 12.0. The van der Waals surface area contributed by atoms with E-state index in [1.165, 1.54) is 11.1 Å². The average molecular weight is 284 g/mol. The SMILES string of the molecule is CN(CC(=O)NCc1ccco1)C1CCc2ccccc21. The van der Waals surface area contributed by atoms with Crippen LogP contribution in [0.3, 0.4) is 0 Å². The molecule has 1 aromatic carbocycles. The summed E-state index contributed by atoms with van der Waals surface area (Å²) in [6.45, 7) is 0.848. The van der Waals surface area contributed by atoms with Crippen LogP contribution in [0.15, 0.2) is 47.1 Å². The monoisotopic (exact) mass is 284 g/mol. The Balaban J connectivity index is 1.54. The summed E-state index contributed by atoms with van der Waals surface area (Å²) in [6, 6.07) is 12.5. The van der Waals surface area contributed by atoms with E-state index in [0.717, 1.165) is 18.6 Å². The first-order chi connectivity index (χ1) is 10.2. The van der Waals surface area contributed by atoms with Gasteiger partial charge in [-0.3, -0.25) is 9.69 Å². The Morgan fingerprint density at radius 1 is 1.33 bits per heavy atom. The van der Waals surface area contributed by atoms with E-state index in [0.29, 0.717) is 19.1 Å². The van der Waals surface area contributed by atoms with Crippen LogP contribution in [0.4, 0.5) is 0 Å². The second-order valence-corrected chi connectivity index (χ2v) is 5.52. The average Bonchev–Trinajstić information content (AvgIpc) is 3.14. The highest BCUT2D eigenvalue weighted by molar-refractivity contribution is 5.78. The minimum Gasteiger partial charge on any atom is -0.467 e. The molecule has 0 saturated carbocycles. The van der Waals surface area contributed by atoms with Gasteiger partial charge in [0, 0.05) is 6.04 Å². The Labute approximate surface area is 124 Å². The van der Waals surface area contributed by atoms with E-state index < -0.39 is 0 Å². The van der Waals surface area contributed by atoms with E-state index >= 15 is 0 Å². The number of furan rings is 1. The maximum Gasteiger partial charge on any atom is 0.234 e. The number of carbonyl (C=O) groups is 1. The van der Waals surface area contributed by atoms with Gasteiger partial charge in [0.2, 0.25) is 5.91 Å². The van der Waals surface area contributed by atoms with Gasteiger partial charge in [0.05, 0.1) is 19.4 Å². The predicted molar refractivity (Wildman–Crippen MR) is 80.7 cm³/mol. The third-order valence-corrected chi connectivity index (χ3v) is 4.07. The number of nitrogens with one attached hydrogen (secondary N) is 1. The van der Waals surface area contributed by atoms with E-state index in [2.05, 4.69) is 34.5 Å². The van der Waals surface area contributed by atoms with Crippen molar-refractivity contribution in [3.05, 3.63) is 59.5 Å². The quantitative estimate of drug-likeness (QED) is 0.917. The van der Waals surface area contributed by atoms with Crippen LogP contribution in [-0.2, 0) is 17.8 Å². The third kappa shape index (κ3) is 3.16. The van der Waals surface area contributed by atoms with E-state index in [1.54, 1.807) is 6.26 Å². The number of hydrogen-bond donors (Lipinski definition) is 1. The van der Waals surface area contributed by atoms with Crippen LogP contribution < -0.4 is 5.32 Å². The molecule has 1 aromatic heterocycles. The lowest BCUT2D eigenvalue weighted by molar-refractivity contribution is -0.122. The molecule has 0 radical (unpaired) electrons. The van der Waals surface area contributed by atoms with Crippen molar-refractivity contribution in [2.24, 2.45) is 0 Å². The van der Waals surface area contributed by atoms with Gasteiger partial charge in [-0.05, 0) is 43.1 Å². The fraction of sp³-hybridized carbons (Fsp3) is 0.353. The lowest BCUT2D eigenvalue weighted by Crippen LogP contribution is -2.36. The topological polar surface area (TPSA) is 45.5 Å². The van der Waals surface area contributed by atoms with Crippen LogP contribution in [-0.4, -0.2) is 24.4 Å². The molecule has 4 heteroatoms. The molecule has 1 unspecified atom stereocenters. The lowest BCUT2D eigenvalue weighted by Gasteiger charge is -2.24. The highest BCUT2D eigenvalue weighted by atomic mass is 16.3. The summed E-state index contributed by atoms with van der Waals surface area (Å²) in [5, 5.41) is 2.89. The normalized spacial score (nSPS) is 17.0. The van der Waals surface area contributed by atoms with Crippen molar-refractivity contribution in [1.82, 2.24) is 10.2 Å². The Morgan fingerprint density at radius 3 is 3.00 bits per heavy atom. The minimum atomic E-state index is 0.0262. The van der Waals surface area contributed by atoms with Gasteiger partial charge in [0.15, 0.2) is 0 Å². The zero-order chi connectivity index (χ0) is 14.7. The zero-order valence-corrected chi connectivity index (χ0v) is 12.2. The third-order valence-electron chi connectivity index (χ3n) is 4.07. The molecule has 1 atom stereocenters. The van der Waals surface area contributed by atoms with Gasteiger partial charge in [-0.15, -0.1) is 0 Å². The summed E-state index contributed by atoms with van der Waals surface area (Å²) < 4.78 is 5.21. The van der Waals surface area contributed by atoms with Crippen LogP contribution in [0.25, 0.3) is 0 Å². The number of aryl methyl sites for hydroxylation is 1. The van der Waals surface area contributed by atoms with Gasteiger partial charge in [0.1, 0.15) is 5.76 Å². The Bertz CT molecular complexity index is 607. The molecule has 4 nitrogen and oxygen atoms in total. The Kier molecular flexibility index (Phi) is 4.06. The second kappa shape index (κ2) is 6.14. The molecule has 21 heavy (non-hydrogen) atoms. The molecule has 1 aliphatic rings. The van der Waals surface area contributed by atoms with Gasteiger partial charge < -0.3 is 9.73 Å². The van der Waals surface area contributed by atoms with E-state index in [-0.39, 0.29) is 5.91 Å². The van der Waals surface area contributed by atoms with Gasteiger partial charge in [-0.1, -0.05) is 24.3 Å². The van der Waals surface area contributed by atoms with Crippen LogP contribution in [0, 0.1) is 0 Å². The summed E-state index contributed by atoms with van der Waals surface area (Å²) in [5.41, 5.74) is 2.77. The minimum absolute atomic E-state index is 0.0262. The number of amides is 1. The fourth-order valence-corrected chi connectivity index (χ4v) is 2.98. The van der Waals surface area contributed by atoms with Crippen molar-refractivity contribution in [1.29, 1.82) is 0 Å². The second-order valence-electron chi connectivity index (χ2n) is 5.52. The highest BCUT2D eigenvalue weighted by Crippen LogP contribution is 2.34. The molecule has 110 valence electrons. The summed E-state index contributed by atoms with van der Waals surface area (Å²) in [7, 11) is 2.01. The van der Waals surface area contributed by atoms with Gasteiger partial charge in [0.25, 0.3) is 0 Å². The van der Waals surface area contributed by atoms with E-state index in [1.807, 2.05) is 19.2 Å². The summed E-state index contributed by atoms with van der Waals surface area (Å²) in [6.07, 6.45) is 3.80. The largest absolute Gasteiger partial charge is 0.467 e. The van der Waals surface area contributed by atoms with Crippen molar-refractivity contribution >= 4 is 5.91 Å². The standard InChI is InChI=1S/C17H20N2O2/c1-19(12-17(20)18-11-14-6-4-10-21-14)16-9-8-13-5-2-3-7-15(13)16/h2-7,10,16H,8-9,11-12H2,1H3,(H,18,20). The predicted octanol–water partition coefficient (Wildman–Crippen LogP) is 2.52. The van der Waals surface area contributed by atoms with Crippen molar-refractivity contribution in [2.45, 2.75) is 25.4 Å². The zero-order valence-electron chi connectivity index (χ0n) is 12.2. The van der Waals surface area contributed by atoms with Crippen molar-refractivity contribution in [3.8, 4) is 0 Å². The van der Waals surface area contributed by atoms with Crippen molar-refractivity contribution < 1.29 is 9.21 Å². The van der Waals surface area contributed by atoms with Crippen LogP contribution >= 0.6 is 0 Å². The Morgan fingerprint density at radius 2 is 2.19 bits per heavy atom. The van der Waals surface area contributed by atoms with Crippen LogP contribution in [0.5, 0.6) is 0 Å². The fourth-order valence-electron chi connectivity index (χ4n) is 2.98. The number of likely N-dealkylation sites (N-methyl/N-ethyl adjacent to an activating group) is 1. The highest BCUT2D eigenvalue weighted by Gasteiger charge is 2.26. The molecule has 0 spiro atoms. The molecule has 0 bridgehead atoms. The first kappa shape index (κ1) is 13.9. The van der Waals surface area contributed by atoms with E-state index in [4.69, 9.17) is 4.42 Å². The number of rotatable bonds is 5. The number of hydrogen-bond acceptors (Lipinski definition) is 3. The maximum atomic E-state index is 12.0. The number of benzene rings is 1. The number of carbonyl (C=O) groups excluding carboxylic acids is 1. The molecular weight excluding hydrogens is 264 g/mol. The van der Waals surface area contributed by atoms with E-state index in [9.17, 15) is 4.79 Å². The smallest absolute Gasteiger partial charge is 0.234 e. The number of fused-ring (bicyclic) bond motifs is 1. The number of nitrogens with zero attached hydrogens (tertiary/aromatic N) is 1. The first-order valence-corrected chi connectivity index (χ1v) is 7.31. The summed E-state index contributed by atoms with van der Waals surface area (Å²) >= 11 is 0. The van der Waals surface area contributed by atoms with Gasteiger partial charge in [-0.2, -0.15) is 0 Å². The van der Waals surface area contributed by atoms with Gasteiger partial charge in [-0.25, -0.2) is 0 Å². The van der Waals surface area contributed by atoms with Crippen LogP contribution in [0.2, 0.25) is 0 Å². The van der Waals surface area contributed by atoms with Crippen molar-refractivity contribution in [3.63, 3.8) is 0 Å². The summed E-state index contributed by atoms with van der Waals surface area (Å²) in [5.74, 6) is 0.801. The molecule has 2 aromatic rings. The molecule has 1 heterocycles. The molecule has 3 rings (SSSR count). The first-order valence-electron chi connectivity index (χ1n) is 7.31.